The number of nitrogens with zero attached hydrogens (tertiary/aromatic N) is 7. The Kier molecular flexibility index (Phi) is 13.9. The summed E-state index contributed by atoms with van der Waals surface area (Å²) in [5, 5.41) is 3.33. The highest BCUT2D eigenvalue weighted by atomic mass is 79.9. The number of benzene rings is 1. The summed E-state index contributed by atoms with van der Waals surface area (Å²) in [7, 11) is 5.09. The third-order valence-electron chi connectivity index (χ3n) is 5.78. The fourth-order valence-electron chi connectivity index (χ4n) is 3.29. The average Bonchev–Trinajstić information content (AvgIpc) is 3.46. The summed E-state index contributed by atoms with van der Waals surface area (Å²) in [5.74, 6) is 0.810. The third-order valence-corrected chi connectivity index (χ3v) is 7.14. The van der Waals surface area contributed by atoms with Crippen LogP contribution in [0.25, 0.3) is 11.4 Å². The van der Waals surface area contributed by atoms with Gasteiger partial charge in [0.2, 0.25) is 11.8 Å². The largest absolute Gasteiger partial charge is 0.480 e. The highest BCUT2D eigenvalue weighted by Gasteiger charge is 2.11. The Morgan fingerprint density at radius 1 is 1.00 bits per heavy atom. The molecule has 0 atom stereocenters. The van der Waals surface area contributed by atoms with E-state index in [4.69, 9.17) is 14.5 Å². The highest BCUT2D eigenvalue weighted by molar-refractivity contribution is 9.09. The molecule has 3 aromatic heterocycles. The van der Waals surface area contributed by atoms with Gasteiger partial charge in [0, 0.05) is 25.4 Å². The van der Waals surface area contributed by atoms with Crippen LogP contribution < -0.4 is 9.47 Å². The fraction of sp³-hybridized carbons (Fsp3) is 0.321. The topological polar surface area (TPSA) is 116 Å². The van der Waals surface area contributed by atoms with Crippen molar-refractivity contribution in [2.75, 3.05) is 33.1 Å². The predicted octanol–water partition coefficient (Wildman–Crippen LogP) is 6.07. The molecule has 0 aliphatic carbocycles. The van der Waals surface area contributed by atoms with E-state index in [0.717, 1.165) is 35.0 Å². The van der Waals surface area contributed by atoms with Gasteiger partial charge < -0.3 is 14.4 Å². The molecule has 1 aromatic carbocycles. The minimum Gasteiger partial charge on any atom is -0.480 e. The van der Waals surface area contributed by atoms with Crippen LogP contribution in [0.4, 0.5) is 5.69 Å². The molecule has 4 rings (SSSR count). The number of ketones is 1. The normalized spacial score (nSPS) is 10.4. The molecule has 13 heteroatoms. The Balaban J connectivity index is 0.000000381. The molecule has 0 bridgehead atoms. The van der Waals surface area contributed by atoms with Crippen LogP contribution in [0, 0.1) is 13.8 Å². The molecule has 218 valence electrons. The number of halogens is 2. The molecule has 0 aliphatic rings. The van der Waals surface area contributed by atoms with Gasteiger partial charge in [-0.3, -0.25) is 4.79 Å². The first-order chi connectivity index (χ1) is 19.3. The van der Waals surface area contributed by atoms with E-state index in [1.54, 1.807) is 30.8 Å². The van der Waals surface area contributed by atoms with Crippen LogP contribution in [0.15, 0.2) is 47.3 Å². The number of ether oxygens (including phenoxy) is 2. The van der Waals surface area contributed by atoms with E-state index in [2.05, 4.69) is 78.7 Å². The molecule has 0 unspecified atom stereocenters. The summed E-state index contributed by atoms with van der Waals surface area (Å²) in [4.78, 5) is 38.7. The number of Topliss-reactive ketones (excluding diaryl/α,β-unsaturated/α-hetero) is 1. The van der Waals surface area contributed by atoms with Crippen molar-refractivity contribution < 1.29 is 14.3 Å². The molecule has 0 radical (unpaired) electrons. The zero-order valence-electron chi connectivity index (χ0n) is 23.8. The number of aliphatic imine (C=N–C) groups is 1. The van der Waals surface area contributed by atoms with Gasteiger partial charge in [0.05, 0.1) is 61.4 Å². The van der Waals surface area contributed by atoms with Gasteiger partial charge in [-0.15, -0.1) is 28.3 Å². The summed E-state index contributed by atoms with van der Waals surface area (Å²) in [5.41, 5.74) is 6.59. The summed E-state index contributed by atoms with van der Waals surface area (Å²) < 4.78 is 9.84. The number of aromatic nitrogens is 5. The second-order valence-electron chi connectivity index (χ2n) is 8.63. The van der Waals surface area contributed by atoms with Crippen molar-refractivity contribution in [2.45, 2.75) is 27.2 Å². The van der Waals surface area contributed by atoms with Crippen LogP contribution in [-0.4, -0.2) is 75.1 Å². The number of methoxy groups -OCH3 is 2. The monoisotopic (exact) mass is 705 g/mol. The van der Waals surface area contributed by atoms with E-state index in [0.29, 0.717) is 17.5 Å². The lowest BCUT2D eigenvalue weighted by Crippen LogP contribution is -2.14. The highest BCUT2D eigenvalue weighted by Crippen LogP contribution is 2.27. The Labute approximate surface area is 263 Å². The Morgan fingerprint density at radius 2 is 1.68 bits per heavy atom. The van der Waals surface area contributed by atoms with E-state index >= 15 is 0 Å². The lowest BCUT2D eigenvalue weighted by molar-refractivity contribution is 0.101. The molecule has 4 aromatic rings. The zero-order chi connectivity index (χ0) is 29.1. The van der Waals surface area contributed by atoms with E-state index < -0.39 is 0 Å². The molecule has 3 heterocycles. The van der Waals surface area contributed by atoms with Crippen LogP contribution >= 0.6 is 44.2 Å². The molecule has 0 aliphatic heterocycles. The molecular formula is C28H33Br2N7O3S. The third kappa shape index (κ3) is 9.94. The lowest BCUT2D eigenvalue weighted by Gasteiger charge is -2.11. The molecule has 10 nitrogen and oxygen atoms in total. The number of hydrogen-bond acceptors (Lipinski definition) is 10. The number of thiazole rings is 1. The number of alkyl halides is 1. The maximum atomic E-state index is 11.0. The molecule has 0 spiro atoms. The van der Waals surface area contributed by atoms with Gasteiger partial charge in [-0.25, -0.2) is 29.9 Å². The van der Waals surface area contributed by atoms with Crippen molar-refractivity contribution in [3.05, 3.63) is 69.7 Å². The molecule has 0 saturated heterocycles. The second kappa shape index (κ2) is 16.8. The van der Waals surface area contributed by atoms with Crippen molar-refractivity contribution in [3.63, 3.8) is 0 Å². The second-order valence-corrected chi connectivity index (χ2v) is 10.1. The molecule has 0 N–H and O–H groups in total. The van der Waals surface area contributed by atoms with E-state index in [1.165, 1.54) is 36.2 Å². The fourth-order valence-corrected chi connectivity index (χ4v) is 4.39. The maximum Gasteiger partial charge on any atom is 0.232 e. The minimum atomic E-state index is -0.0925. The Morgan fingerprint density at radius 3 is 2.24 bits per heavy atom. The van der Waals surface area contributed by atoms with Crippen LogP contribution in [0.2, 0.25) is 0 Å². The first kappa shape index (κ1) is 33.9. The Hall–Kier alpha value is -3.29. The summed E-state index contributed by atoms with van der Waals surface area (Å²) in [6, 6.07) is 4.36. The van der Waals surface area contributed by atoms with Gasteiger partial charge in [-0.05, 0) is 43.5 Å². The van der Waals surface area contributed by atoms with Crippen molar-refractivity contribution >= 4 is 62.1 Å². The number of aryl methyl sites for hydroxylation is 2. The predicted molar refractivity (Wildman–Crippen MR) is 172 cm³/mol. The summed E-state index contributed by atoms with van der Waals surface area (Å²) in [6.07, 6.45) is 8.77. The van der Waals surface area contributed by atoms with Gasteiger partial charge in [0.25, 0.3) is 0 Å². The van der Waals surface area contributed by atoms with Crippen molar-refractivity contribution in [2.24, 2.45) is 4.99 Å². The summed E-state index contributed by atoms with van der Waals surface area (Å²) in [6.45, 7) is 7.26. The first-order valence-electron chi connectivity index (χ1n) is 12.4. The van der Waals surface area contributed by atoms with Gasteiger partial charge in [-0.2, -0.15) is 0 Å². The van der Waals surface area contributed by atoms with E-state index in [-0.39, 0.29) is 28.1 Å². The molecule has 0 fully saturated rings. The van der Waals surface area contributed by atoms with E-state index in [9.17, 15) is 4.79 Å². The van der Waals surface area contributed by atoms with Gasteiger partial charge in [-0.1, -0.05) is 22.0 Å². The van der Waals surface area contributed by atoms with Gasteiger partial charge in [0.1, 0.15) is 17.1 Å². The number of rotatable bonds is 10. The number of carbonyl (C=O) groups excluding carboxylic acids is 1. The van der Waals surface area contributed by atoms with Gasteiger partial charge in [0.15, 0.2) is 5.78 Å². The molecule has 0 saturated carbocycles. The SMILES string of the molecule is Br.CCN(C)C=Nc1cc(C)c(Cc2nc(-c3cnc(OC)cn3)cs2)cc1C.COc1cnc(C(=O)CBr)cn1. The average molecular weight is 707 g/mol. The molecular weight excluding hydrogens is 674 g/mol. The standard InChI is InChI=1S/C21H25N5OS.C7H7BrN2O2.BrH/c1-6-26(4)13-24-17-8-14(2)16(7-15(17)3)9-21-25-19(12-28-21)18-10-23-20(27-5)11-22-18;1-12-7-4-9-5(3-10-7)6(11)2-8;/h7-8,10-13H,6,9H2,1-5H3;3-4H,2H2,1H3;1H. The van der Waals surface area contributed by atoms with Crippen molar-refractivity contribution in [1.29, 1.82) is 0 Å². The van der Waals surface area contributed by atoms with Crippen LogP contribution in [0.5, 0.6) is 11.8 Å². The summed E-state index contributed by atoms with van der Waals surface area (Å²) >= 11 is 4.68. The van der Waals surface area contributed by atoms with Gasteiger partial charge >= 0.3 is 0 Å². The Bertz CT molecular complexity index is 1430. The smallest absolute Gasteiger partial charge is 0.232 e. The number of hydrogen-bond donors (Lipinski definition) is 0. The van der Waals surface area contributed by atoms with Crippen LogP contribution in [0.1, 0.15) is 39.1 Å². The van der Waals surface area contributed by atoms with Crippen molar-refractivity contribution in [1.82, 2.24) is 29.8 Å². The van der Waals surface area contributed by atoms with Crippen molar-refractivity contribution in [3.8, 4) is 23.1 Å². The lowest BCUT2D eigenvalue weighted by atomic mass is 10.0. The molecule has 0 amide bonds. The first-order valence-corrected chi connectivity index (χ1v) is 14.4. The minimum absolute atomic E-state index is 0. The van der Waals surface area contributed by atoms with Crippen LogP contribution in [0.3, 0.4) is 0 Å². The van der Waals surface area contributed by atoms with E-state index in [1.807, 2.05) is 18.8 Å². The maximum absolute atomic E-state index is 11.0. The molecule has 41 heavy (non-hydrogen) atoms. The quantitative estimate of drug-likeness (QED) is 0.0839. The number of carbonyl (C=O) groups is 1. The van der Waals surface area contributed by atoms with Crippen LogP contribution in [-0.2, 0) is 6.42 Å². The zero-order valence-corrected chi connectivity index (χ0v) is 27.9.